The van der Waals surface area contributed by atoms with E-state index in [0.29, 0.717) is 0 Å². The van der Waals surface area contributed by atoms with Crippen LogP contribution in [0.1, 0.15) is 0 Å². The van der Waals surface area contributed by atoms with Gasteiger partial charge >= 0.3 is 0 Å². The van der Waals surface area contributed by atoms with Gasteiger partial charge < -0.3 is 10.2 Å². The van der Waals surface area contributed by atoms with Crippen LogP contribution >= 0.6 is 0 Å². The molecule has 1 unspecified atom stereocenters. The Kier molecular flexibility index (Phi) is 1.22. The van der Waals surface area contributed by atoms with Crippen molar-refractivity contribution in [2.45, 2.75) is 5.79 Å². The molecule has 1 rings (SSSR count). The van der Waals surface area contributed by atoms with E-state index < -0.39 is 16.6 Å². The second-order valence-electron chi connectivity index (χ2n) is 1.71. The van der Waals surface area contributed by atoms with Crippen LogP contribution in [0.5, 0.6) is 0 Å². The maximum absolute atomic E-state index is 10.4. The molecule has 1 aliphatic heterocycles. The van der Waals surface area contributed by atoms with Crippen molar-refractivity contribution < 1.29 is 14.4 Å². The van der Waals surface area contributed by atoms with Gasteiger partial charge in [-0.15, -0.1) is 0 Å². The van der Waals surface area contributed by atoms with Gasteiger partial charge in [0.2, 0.25) is 0 Å². The van der Waals surface area contributed by atoms with Crippen molar-refractivity contribution in [3.05, 3.63) is 11.5 Å². The van der Waals surface area contributed by atoms with Gasteiger partial charge in [-0.05, 0) is 6.08 Å². The molecule has 0 radical (unpaired) electrons. The largest absolute Gasteiger partial charge is 0.362 e. The molecule has 0 bridgehead atoms. The van der Waals surface area contributed by atoms with Crippen LogP contribution in [0.4, 0.5) is 0 Å². The molecule has 0 aromatic carbocycles. The molecule has 0 aliphatic carbocycles. The minimum Gasteiger partial charge on any atom is -0.362 e. The van der Waals surface area contributed by atoms with Gasteiger partial charge in [0.15, 0.2) is 5.79 Å². The first-order valence-electron chi connectivity index (χ1n) is 2.11. The van der Waals surface area contributed by atoms with Crippen molar-refractivity contribution in [3.63, 3.8) is 0 Å². The van der Waals surface area contributed by atoms with E-state index >= 15 is 0 Å². The summed E-state index contributed by atoms with van der Waals surface area (Å²) < 4.78 is 10.4. The summed E-state index contributed by atoms with van der Waals surface area (Å²) in [5.41, 5.74) is 0. The smallest absolute Gasteiger partial charge is 0.195 e. The summed E-state index contributed by atoms with van der Waals surface area (Å²) in [6, 6.07) is 0. The number of aliphatic hydroxyl groups is 2. The molecule has 3 nitrogen and oxygen atoms in total. The van der Waals surface area contributed by atoms with Gasteiger partial charge in [0.1, 0.15) is 0 Å². The Balaban J connectivity index is 2.72. The summed E-state index contributed by atoms with van der Waals surface area (Å²) in [4.78, 5) is 0. The number of hydrogen-bond donors (Lipinski definition) is 2. The topological polar surface area (TPSA) is 57.5 Å². The Morgan fingerprint density at radius 2 is 2.25 bits per heavy atom. The third-order valence-electron chi connectivity index (χ3n) is 0.841. The predicted molar refractivity (Wildman–Crippen MR) is 29.3 cm³/mol. The summed E-state index contributed by atoms with van der Waals surface area (Å²) in [7, 11) is -1.17. The fraction of sp³-hybridized carbons (Fsp3) is 0.500. The molecule has 0 amide bonds. The third kappa shape index (κ3) is 1.15. The van der Waals surface area contributed by atoms with Gasteiger partial charge in [-0.1, -0.05) is 0 Å². The lowest BCUT2D eigenvalue weighted by molar-refractivity contribution is -0.0946. The number of hydrogen-bond acceptors (Lipinski definition) is 3. The average Bonchev–Trinajstić information content (AvgIpc) is 1.82. The molecular weight excluding hydrogens is 128 g/mol. The normalized spacial score (nSPS) is 33.5. The molecule has 0 aromatic rings. The molecule has 46 valence electrons. The zero-order valence-electron chi connectivity index (χ0n) is 4.07. The molecule has 0 fully saturated rings. The van der Waals surface area contributed by atoms with Crippen molar-refractivity contribution in [3.8, 4) is 0 Å². The van der Waals surface area contributed by atoms with Crippen LogP contribution in [-0.4, -0.2) is 26.0 Å². The van der Waals surface area contributed by atoms with E-state index in [0.717, 1.165) is 6.08 Å². The Hall–Kier alpha value is -0.190. The molecule has 8 heavy (non-hydrogen) atoms. The molecule has 0 saturated carbocycles. The van der Waals surface area contributed by atoms with Crippen LogP contribution in [0.15, 0.2) is 11.5 Å². The van der Waals surface area contributed by atoms with Gasteiger partial charge in [0.25, 0.3) is 0 Å². The molecule has 0 aromatic heterocycles. The van der Waals surface area contributed by atoms with Crippen LogP contribution < -0.4 is 0 Å². The second kappa shape index (κ2) is 1.65. The quantitative estimate of drug-likeness (QED) is 0.415. The minimum atomic E-state index is -1.81. The first kappa shape index (κ1) is 5.94. The average molecular weight is 134 g/mol. The SMILES string of the molecule is O=S1C=CC(O)(O)C1. The predicted octanol–water partition coefficient (Wildman–Crippen LogP) is -1.06. The summed E-state index contributed by atoms with van der Waals surface area (Å²) in [5.74, 6) is -1.90. The van der Waals surface area contributed by atoms with Gasteiger partial charge in [-0.2, -0.15) is 0 Å². The lowest BCUT2D eigenvalue weighted by Crippen LogP contribution is -2.27. The fourth-order valence-electron chi connectivity index (χ4n) is 0.490. The van der Waals surface area contributed by atoms with E-state index in [1.165, 1.54) is 5.41 Å². The van der Waals surface area contributed by atoms with E-state index in [1.54, 1.807) is 0 Å². The monoisotopic (exact) mass is 134 g/mol. The highest BCUT2D eigenvalue weighted by molar-refractivity contribution is 7.88. The van der Waals surface area contributed by atoms with Crippen molar-refractivity contribution >= 4 is 10.8 Å². The van der Waals surface area contributed by atoms with Gasteiger partial charge in [-0.3, -0.25) is 4.21 Å². The van der Waals surface area contributed by atoms with Gasteiger partial charge in [0.05, 0.1) is 16.6 Å². The highest BCUT2D eigenvalue weighted by Crippen LogP contribution is 2.12. The van der Waals surface area contributed by atoms with E-state index in [9.17, 15) is 4.21 Å². The Labute approximate surface area is 49.1 Å². The first-order chi connectivity index (χ1) is 3.60. The van der Waals surface area contributed by atoms with Crippen molar-refractivity contribution in [2.75, 3.05) is 5.75 Å². The lowest BCUT2D eigenvalue weighted by atomic mass is 10.3. The molecule has 1 atom stereocenters. The van der Waals surface area contributed by atoms with Crippen LogP contribution in [-0.2, 0) is 10.8 Å². The summed E-state index contributed by atoms with van der Waals surface area (Å²) >= 11 is 0. The summed E-state index contributed by atoms with van der Waals surface area (Å²) in [6.07, 6.45) is 1.13. The second-order valence-corrected chi connectivity index (χ2v) is 3.03. The molecule has 1 aliphatic rings. The van der Waals surface area contributed by atoms with Gasteiger partial charge in [-0.25, -0.2) is 0 Å². The number of rotatable bonds is 0. The molecule has 1 heterocycles. The highest BCUT2D eigenvalue weighted by atomic mass is 32.2. The highest BCUT2D eigenvalue weighted by Gasteiger charge is 2.26. The van der Waals surface area contributed by atoms with Crippen LogP contribution in [0, 0.1) is 0 Å². The Morgan fingerprint density at radius 3 is 2.38 bits per heavy atom. The zero-order valence-corrected chi connectivity index (χ0v) is 4.89. The molecule has 2 N–H and O–H groups in total. The summed E-state index contributed by atoms with van der Waals surface area (Å²) in [5, 5.41) is 18.6. The molecule has 0 saturated heterocycles. The standard InChI is InChI=1S/C4H6O3S/c5-4(6)1-2-8(7)3-4/h1-2,5-6H,3H2. The van der Waals surface area contributed by atoms with Crippen LogP contribution in [0.3, 0.4) is 0 Å². The summed E-state index contributed by atoms with van der Waals surface area (Å²) in [6.45, 7) is 0. The van der Waals surface area contributed by atoms with Crippen molar-refractivity contribution in [1.29, 1.82) is 0 Å². The minimum absolute atomic E-state index is 0.0903. The van der Waals surface area contributed by atoms with Crippen molar-refractivity contribution in [2.24, 2.45) is 0 Å². The van der Waals surface area contributed by atoms with E-state index in [2.05, 4.69) is 0 Å². The third-order valence-corrected chi connectivity index (χ3v) is 1.99. The van der Waals surface area contributed by atoms with Gasteiger partial charge in [0, 0.05) is 5.41 Å². The maximum atomic E-state index is 10.4. The lowest BCUT2D eigenvalue weighted by Gasteiger charge is -2.07. The first-order valence-corrected chi connectivity index (χ1v) is 3.50. The molecule has 4 heteroatoms. The molecule has 0 spiro atoms. The van der Waals surface area contributed by atoms with Crippen LogP contribution in [0.25, 0.3) is 0 Å². The zero-order chi connectivity index (χ0) is 6.20. The fourth-order valence-corrected chi connectivity index (χ4v) is 1.47. The van der Waals surface area contributed by atoms with E-state index in [1.807, 2.05) is 0 Å². The maximum Gasteiger partial charge on any atom is 0.195 e. The Morgan fingerprint density at radius 1 is 1.62 bits per heavy atom. The Bertz CT molecular complexity index is 149. The van der Waals surface area contributed by atoms with Crippen molar-refractivity contribution in [1.82, 2.24) is 0 Å². The van der Waals surface area contributed by atoms with E-state index in [4.69, 9.17) is 10.2 Å². The van der Waals surface area contributed by atoms with E-state index in [-0.39, 0.29) is 5.75 Å². The molecular formula is C4H6O3S. The van der Waals surface area contributed by atoms with Crippen LogP contribution in [0.2, 0.25) is 0 Å².